The molecule has 0 radical (unpaired) electrons. The Balaban J connectivity index is 2.60. The summed E-state index contributed by atoms with van der Waals surface area (Å²) in [6.07, 6.45) is 4.40. The molecule has 1 heterocycles. The first-order valence-electron chi connectivity index (χ1n) is 5.50. The summed E-state index contributed by atoms with van der Waals surface area (Å²) in [4.78, 5) is 0. The smallest absolute Gasteiger partial charge is 0.212 e. The number of hydrogen-bond donors (Lipinski definition) is 0. The molecule has 0 atom stereocenters. The van der Waals surface area contributed by atoms with Gasteiger partial charge in [0.1, 0.15) is 0 Å². The summed E-state index contributed by atoms with van der Waals surface area (Å²) < 4.78 is 25.4. The third-order valence-electron chi connectivity index (χ3n) is 2.50. The molecule has 0 aromatic rings. The highest BCUT2D eigenvalue weighted by atomic mass is 32.2. The van der Waals surface area contributed by atoms with Crippen molar-refractivity contribution < 1.29 is 8.42 Å². The predicted molar refractivity (Wildman–Crippen MR) is 58.7 cm³/mol. The lowest BCUT2D eigenvalue weighted by Gasteiger charge is -2.20. The molecule has 84 valence electrons. The third kappa shape index (κ3) is 3.58. The summed E-state index contributed by atoms with van der Waals surface area (Å²) >= 11 is 0. The second kappa shape index (κ2) is 5.12. The zero-order chi connectivity index (χ0) is 10.6. The van der Waals surface area contributed by atoms with E-state index in [1.165, 1.54) is 12.8 Å². The van der Waals surface area contributed by atoms with Gasteiger partial charge >= 0.3 is 0 Å². The van der Waals surface area contributed by atoms with Gasteiger partial charge in [0.2, 0.25) is 10.0 Å². The fraction of sp³-hybridized carbons (Fsp3) is 1.00. The van der Waals surface area contributed by atoms with E-state index in [1.807, 2.05) is 13.8 Å². The number of nitrogens with zero attached hydrogens (tertiary/aromatic N) is 1. The highest BCUT2D eigenvalue weighted by Crippen LogP contribution is 2.15. The molecule has 0 N–H and O–H groups in total. The van der Waals surface area contributed by atoms with Crippen LogP contribution in [0.4, 0.5) is 0 Å². The summed E-state index contributed by atoms with van der Waals surface area (Å²) in [7, 11) is -2.97. The minimum atomic E-state index is -2.97. The van der Waals surface area contributed by atoms with Crippen LogP contribution in [0.3, 0.4) is 0 Å². The quantitative estimate of drug-likeness (QED) is 0.726. The SMILES string of the molecule is CC(C)CS(=O)(=O)N1CCCCCC1. The van der Waals surface area contributed by atoms with Crippen LogP contribution in [-0.2, 0) is 10.0 Å². The Bertz CT molecular complexity index is 251. The van der Waals surface area contributed by atoms with Crippen LogP contribution >= 0.6 is 0 Å². The van der Waals surface area contributed by atoms with Gasteiger partial charge in [0.25, 0.3) is 0 Å². The normalized spacial score (nSPS) is 21.1. The molecular weight excluding hydrogens is 198 g/mol. The number of rotatable bonds is 3. The molecule has 1 fully saturated rings. The van der Waals surface area contributed by atoms with Crippen LogP contribution < -0.4 is 0 Å². The Morgan fingerprint density at radius 3 is 2.00 bits per heavy atom. The maximum Gasteiger partial charge on any atom is 0.214 e. The maximum absolute atomic E-state index is 11.9. The first kappa shape index (κ1) is 12.0. The Kier molecular flexibility index (Phi) is 4.38. The van der Waals surface area contributed by atoms with Gasteiger partial charge in [-0.2, -0.15) is 0 Å². The topological polar surface area (TPSA) is 37.4 Å². The molecule has 0 aliphatic carbocycles. The minimum Gasteiger partial charge on any atom is -0.212 e. The van der Waals surface area contributed by atoms with E-state index in [1.54, 1.807) is 4.31 Å². The molecule has 14 heavy (non-hydrogen) atoms. The molecule has 1 aliphatic rings. The van der Waals surface area contributed by atoms with Crippen molar-refractivity contribution in [2.45, 2.75) is 39.5 Å². The van der Waals surface area contributed by atoms with Crippen LogP contribution in [-0.4, -0.2) is 31.6 Å². The van der Waals surface area contributed by atoms with E-state index >= 15 is 0 Å². The summed E-state index contributed by atoms with van der Waals surface area (Å²) in [5.74, 6) is 0.524. The van der Waals surface area contributed by atoms with Crippen molar-refractivity contribution in [2.24, 2.45) is 5.92 Å². The lowest BCUT2D eigenvalue weighted by atomic mass is 10.2. The van der Waals surface area contributed by atoms with Crippen molar-refractivity contribution in [1.29, 1.82) is 0 Å². The molecule has 0 aromatic heterocycles. The van der Waals surface area contributed by atoms with Crippen molar-refractivity contribution in [2.75, 3.05) is 18.8 Å². The fourth-order valence-electron chi connectivity index (χ4n) is 1.85. The Labute approximate surface area is 87.5 Å². The molecule has 4 heteroatoms. The molecule has 0 bridgehead atoms. The lowest BCUT2D eigenvalue weighted by molar-refractivity contribution is 0.419. The summed E-state index contributed by atoms with van der Waals surface area (Å²) in [5.41, 5.74) is 0. The van der Waals surface area contributed by atoms with Gasteiger partial charge in [-0.15, -0.1) is 0 Å². The van der Waals surface area contributed by atoms with E-state index in [2.05, 4.69) is 0 Å². The first-order chi connectivity index (χ1) is 6.52. The van der Waals surface area contributed by atoms with E-state index in [9.17, 15) is 8.42 Å². The van der Waals surface area contributed by atoms with Crippen LogP contribution in [0.15, 0.2) is 0 Å². The van der Waals surface area contributed by atoms with E-state index < -0.39 is 10.0 Å². The van der Waals surface area contributed by atoms with Crippen LogP contribution in [0.1, 0.15) is 39.5 Å². The fourth-order valence-corrected chi connectivity index (χ4v) is 3.71. The Hall–Kier alpha value is -0.0900. The van der Waals surface area contributed by atoms with E-state index in [-0.39, 0.29) is 5.92 Å². The zero-order valence-electron chi connectivity index (χ0n) is 9.20. The van der Waals surface area contributed by atoms with Gasteiger partial charge in [-0.1, -0.05) is 26.7 Å². The van der Waals surface area contributed by atoms with Crippen molar-refractivity contribution in [3.63, 3.8) is 0 Å². The van der Waals surface area contributed by atoms with Gasteiger partial charge in [0, 0.05) is 13.1 Å². The first-order valence-corrected chi connectivity index (χ1v) is 7.11. The van der Waals surface area contributed by atoms with Crippen LogP contribution in [0, 0.1) is 5.92 Å². The third-order valence-corrected chi connectivity index (χ3v) is 4.74. The van der Waals surface area contributed by atoms with Crippen molar-refractivity contribution >= 4 is 10.0 Å². The van der Waals surface area contributed by atoms with Crippen LogP contribution in [0.5, 0.6) is 0 Å². The van der Waals surface area contributed by atoms with Crippen molar-refractivity contribution in [3.05, 3.63) is 0 Å². The van der Waals surface area contributed by atoms with Gasteiger partial charge in [0.15, 0.2) is 0 Å². The average Bonchev–Trinajstić information content (AvgIpc) is 2.28. The van der Waals surface area contributed by atoms with Crippen molar-refractivity contribution in [1.82, 2.24) is 4.31 Å². The Morgan fingerprint density at radius 2 is 1.57 bits per heavy atom. The largest absolute Gasteiger partial charge is 0.214 e. The average molecular weight is 219 g/mol. The zero-order valence-corrected chi connectivity index (χ0v) is 10.0. The summed E-state index contributed by atoms with van der Waals surface area (Å²) in [6, 6.07) is 0. The van der Waals surface area contributed by atoms with E-state index in [0.717, 1.165) is 25.9 Å². The maximum atomic E-state index is 11.9. The molecule has 0 unspecified atom stereocenters. The van der Waals surface area contributed by atoms with E-state index in [0.29, 0.717) is 5.75 Å². The molecule has 0 amide bonds. The number of hydrogen-bond acceptors (Lipinski definition) is 2. The molecule has 1 saturated heterocycles. The molecule has 1 rings (SSSR count). The lowest BCUT2D eigenvalue weighted by Crippen LogP contribution is -2.35. The predicted octanol–water partition coefficient (Wildman–Crippen LogP) is 1.85. The van der Waals surface area contributed by atoms with Crippen LogP contribution in [0.2, 0.25) is 0 Å². The van der Waals surface area contributed by atoms with Gasteiger partial charge in [-0.3, -0.25) is 0 Å². The molecule has 0 aromatic carbocycles. The Morgan fingerprint density at radius 1 is 1.07 bits per heavy atom. The highest BCUT2D eigenvalue weighted by molar-refractivity contribution is 7.89. The standard InChI is InChI=1S/C10H21NO2S/c1-10(2)9-14(12,13)11-7-5-3-4-6-8-11/h10H,3-9H2,1-2H3. The van der Waals surface area contributed by atoms with Crippen LogP contribution in [0.25, 0.3) is 0 Å². The molecule has 0 saturated carbocycles. The summed E-state index contributed by atoms with van der Waals surface area (Å²) in [5, 5.41) is 0. The van der Waals surface area contributed by atoms with Gasteiger partial charge < -0.3 is 0 Å². The second-order valence-electron chi connectivity index (χ2n) is 4.49. The molecule has 3 nitrogen and oxygen atoms in total. The van der Waals surface area contributed by atoms with Gasteiger partial charge in [-0.25, -0.2) is 12.7 Å². The van der Waals surface area contributed by atoms with Gasteiger partial charge in [-0.05, 0) is 18.8 Å². The number of sulfonamides is 1. The van der Waals surface area contributed by atoms with Crippen molar-refractivity contribution in [3.8, 4) is 0 Å². The minimum absolute atomic E-state index is 0.225. The van der Waals surface area contributed by atoms with Gasteiger partial charge in [0.05, 0.1) is 5.75 Å². The molecule has 0 spiro atoms. The highest BCUT2D eigenvalue weighted by Gasteiger charge is 2.23. The second-order valence-corrected chi connectivity index (χ2v) is 6.50. The summed E-state index contributed by atoms with van der Waals surface area (Å²) in [6.45, 7) is 5.37. The van der Waals surface area contributed by atoms with E-state index in [4.69, 9.17) is 0 Å². The molecular formula is C10H21NO2S. The molecule has 1 aliphatic heterocycles. The monoisotopic (exact) mass is 219 g/mol.